The van der Waals surface area contributed by atoms with Gasteiger partial charge in [-0.3, -0.25) is 4.79 Å². The number of benzene rings is 1. The summed E-state index contributed by atoms with van der Waals surface area (Å²) >= 11 is 8.20. The van der Waals surface area contributed by atoms with Crippen LogP contribution < -0.4 is 4.74 Å². The summed E-state index contributed by atoms with van der Waals surface area (Å²) in [6.45, 7) is 1.15. The number of nitrogens with zero attached hydrogens (tertiary/aromatic N) is 2. The number of hydrogen-bond donors (Lipinski definition) is 1. The van der Waals surface area contributed by atoms with E-state index in [-0.39, 0.29) is 12.0 Å². The van der Waals surface area contributed by atoms with Gasteiger partial charge in [0.15, 0.2) is 0 Å². The number of aliphatic hydroxyl groups is 1. The second kappa shape index (κ2) is 8.61. The highest BCUT2D eigenvalue weighted by molar-refractivity contribution is 7.14. The normalized spacial score (nSPS) is 17.0. The number of ether oxygens (including phenoxy) is 1. The Bertz CT molecular complexity index is 1100. The van der Waals surface area contributed by atoms with Gasteiger partial charge in [0.1, 0.15) is 6.10 Å². The highest BCUT2D eigenvalue weighted by atomic mass is 35.5. The standard InChI is InChI=1S/C24H23ClN2O3S/c25-21-11-16(24(29)27-9-6-18(28)7-10-27)1-4-20(21)22-12-17(14-31-22)15-5-8-26-23(13-15)30-19-2-3-19/h1,4-5,8,11-14,18-19,28H,2-3,6-7,9-10H2. The number of pyridine rings is 1. The topological polar surface area (TPSA) is 62.7 Å². The van der Waals surface area contributed by atoms with E-state index >= 15 is 0 Å². The summed E-state index contributed by atoms with van der Waals surface area (Å²) in [6.07, 6.45) is 5.24. The van der Waals surface area contributed by atoms with Crippen LogP contribution in [-0.2, 0) is 0 Å². The number of aromatic nitrogens is 1. The minimum absolute atomic E-state index is 0.0350. The molecule has 1 saturated heterocycles. The van der Waals surface area contributed by atoms with E-state index in [1.54, 1.807) is 28.5 Å². The lowest BCUT2D eigenvalue weighted by Gasteiger charge is -2.29. The van der Waals surface area contributed by atoms with Gasteiger partial charge in [0.25, 0.3) is 5.91 Å². The van der Waals surface area contributed by atoms with Crippen molar-refractivity contribution in [1.82, 2.24) is 9.88 Å². The Morgan fingerprint density at radius 2 is 1.90 bits per heavy atom. The average Bonchev–Trinajstić information content (AvgIpc) is 3.45. The van der Waals surface area contributed by atoms with Gasteiger partial charge in [0.2, 0.25) is 5.88 Å². The highest BCUT2D eigenvalue weighted by Crippen LogP contribution is 2.37. The molecule has 0 bridgehead atoms. The lowest BCUT2D eigenvalue weighted by atomic mass is 10.0. The maximum Gasteiger partial charge on any atom is 0.253 e. The van der Waals surface area contributed by atoms with Gasteiger partial charge >= 0.3 is 0 Å². The lowest BCUT2D eigenvalue weighted by Crippen LogP contribution is -2.40. The van der Waals surface area contributed by atoms with Gasteiger partial charge in [-0.15, -0.1) is 11.3 Å². The molecule has 3 aromatic rings. The maximum atomic E-state index is 12.8. The number of rotatable bonds is 5. The van der Waals surface area contributed by atoms with Crippen LogP contribution in [0.25, 0.3) is 21.6 Å². The second-order valence-corrected chi connectivity index (χ2v) is 9.44. The van der Waals surface area contributed by atoms with Gasteiger partial charge in [-0.05, 0) is 66.5 Å². The fourth-order valence-electron chi connectivity index (χ4n) is 3.74. The molecular weight excluding hydrogens is 432 g/mol. The molecule has 5 rings (SSSR count). The van der Waals surface area contributed by atoms with E-state index in [1.807, 2.05) is 24.3 Å². The van der Waals surface area contributed by atoms with Gasteiger partial charge in [-0.2, -0.15) is 0 Å². The number of aliphatic hydroxyl groups excluding tert-OH is 1. The summed E-state index contributed by atoms with van der Waals surface area (Å²) in [5.41, 5.74) is 3.64. The molecule has 0 spiro atoms. The van der Waals surface area contributed by atoms with Crippen LogP contribution in [0.2, 0.25) is 5.02 Å². The molecule has 2 fully saturated rings. The fraction of sp³-hybridized carbons (Fsp3) is 0.333. The third kappa shape index (κ3) is 4.61. The first-order valence-corrected chi connectivity index (χ1v) is 11.8. The number of hydrogen-bond acceptors (Lipinski definition) is 5. The summed E-state index contributed by atoms with van der Waals surface area (Å²) in [6, 6.07) is 11.6. The average molecular weight is 455 g/mol. The first kappa shape index (κ1) is 20.5. The number of carbonyl (C=O) groups is 1. The molecule has 31 heavy (non-hydrogen) atoms. The molecule has 7 heteroatoms. The van der Waals surface area contributed by atoms with Crippen LogP contribution in [0.5, 0.6) is 5.88 Å². The van der Waals surface area contributed by atoms with Crippen LogP contribution in [0, 0.1) is 0 Å². The van der Waals surface area contributed by atoms with Gasteiger partial charge in [-0.25, -0.2) is 4.98 Å². The van der Waals surface area contributed by atoms with E-state index in [0.29, 0.717) is 48.5 Å². The van der Waals surface area contributed by atoms with Gasteiger partial charge in [0, 0.05) is 41.4 Å². The van der Waals surface area contributed by atoms with Crippen molar-refractivity contribution in [2.75, 3.05) is 13.1 Å². The monoisotopic (exact) mass is 454 g/mol. The van der Waals surface area contributed by atoms with Crippen molar-refractivity contribution in [3.8, 4) is 27.4 Å². The van der Waals surface area contributed by atoms with Crippen molar-refractivity contribution in [3.63, 3.8) is 0 Å². The zero-order valence-corrected chi connectivity index (χ0v) is 18.5. The number of thiophene rings is 1. The molecule has 2 aliphatic rings. The number of likely N-dealkylation sites (tertiary alicyclic amines) is 1. The first-order chi connectivity index (χ1) is 15.1. The van der Waals surface area contributed by atoms with Crippen LogP contribution in [0.1, 0.15) is 36.0 Å². The van der Waals surface area contributed by atoms with E-state index in [4.69, 9.17) is 16.3 Å². The molecular formula is C24H23ClN2O3S. The van der Waals surface area contributed by atoms with Crippen molar-refractivity contribution in [1.29, 1.82) is 0 Å². The van der Waals surface area contributed by atoms with Crippen molar-refractivity contribution < 1.29 is 14.6 Å². The highest BCUT2D eigenvalue weighted by Gasteiger charge is 2.24. The maximum absolute atomic E-state index is 12.8. The summed E-state index contributed by atoms with van der Waals surface area (Å²) in [7, 11) is 0. The van der Waals surface area contributed by atoms with Gasteiger partial charge in [-0.1, -0.05) is 17.7 Å². The number of amides is 1. The Labute approximate surface area is 190 Å². The quantitative estimate of drug-likeness (QED) is 0.570. The van der Waals surface area contributed by atoms with Crippen molar-refractivity contribution >= 4 is 28.8 Å². The van der Waals surface area contributed by atoms with Crippen LogP contribution in [0.4, 0.5) is 0 Å². The Morgan fingerprint density at radius 3 is 2.65 bits per heavy atom. The number of carbonyl (C=O) groups excluding carboxylic acids is 1. The smallest absolute Gasteiger partial charge is 0.253 e. The number of halogens is 1. The Kier molecular flexibility index (Phi) is 5.69. The fourth-order valence-corrected chi connectivity index (χ4v) is 5.03. The lowest BCUT2D eigenvalue weighted by molar-refractivity contribution is 0.0546. The molecule has 1 amide bonds. The molecule has 0 atom stereocenters. The Morgan fingerprint density at radius 1 is 1.10 bits per heavy atom. The molecule has 1 aliphatic carbocycles. The molecule has 160 valence electrons. The second-order valence-electron chi connectivity index (χ2n) is 8.12. The molecule has 1 aromatic carbocycles. The summed E-state index contributed by atoms with van der Waals surface area (Å²) in [5.74, 6) is 0.631. The zero-order valence-electron chi connectivity index (χ0n) is 17.0. The van der Waals surface area contributed by atoms with E-state index in [0.717, 1.165) is 34.4 Å². The van der Waals surface area contributed by atoms with Crippen LogP contribution in [-0.4, -0.2) is 46.2 Å². The predicted molar refractivity (Wildman–Crippen MR) is 123 cm³/mol. The van der Waals surface area contributed by atoms with Crippen molar-refractivity contribution in [3.05, 3.63) is 58.6 Å². The molecule has 2 aromatic heterocycles. The summed E-state index contributed by atoms with van der Waals surface area (Å²) in [4.78, 5) is 19.9. The van der Waals surface area contributed by atoms with Gasteiger partial charge in [0.05, 0.1) is 11.1 Å². The zero-order chi connectivity index (χ0) is 21.4. The largest absolute Gasteiger partial charge is 0.474 e. The summed E-state index contributed by atoms with van der Waals surface area (Å²) < 4.78 is 5.81. The summed E-state index contributed by atoms with van der Waals surface area (Å²) in [5, 5.41) is 12.3. The third-order valence-electron chi connectivity index (χ3n) is 5.71. The third-order valence-corrected chi connectivity index (χ3v) is 6.99. The molecule has 0 radical (unpaired) electrons. The minimum atomic E-state index is -0.306. The molecule has 1 aliphatic heterocycles. The Hall–Kier alpha value is -2.41. The predicted octanol–water partition coefficient (Wildman–Crippen LogP) is 5.27. The van der Waals surface area contributed by atoms with Crippen molar-refractivity contribution in [2.45, 2.75) is 37.9 Å². The van der Waals surface area contributed by atoms with Crippen molar-refractivity contribution in [2.24, 2.45) is 0 Å². The van der Waals surface area contributed by atoms with E-state index in [1.165, 1.54) is 0 Å². The molecule has 1 N–H and O–H groups in total. The molecule has 1 saturated carbocycles. The van der Waals surface area contributed by atoms with Gasteiger partial charge < -0.3 is 14.7 Å². The van der Waals surface area contributed by atoms with E-state index in [2.05, 4.69) is 16.4 Å². The van der Waals surface area contributed by atoms with Crippen LogP contribution in [0.15, 0.2) is 48.0 Å². The SMILES string of the molecule is O=C(c1ccc(-c2cc(-c3ccnc(OC4CC4)c3)cs2)c(Cl)c1)N1CCC(O)CC1. The molecule has 3 heterocycles. The minimum Gasteiger partial charge on any atom is -0.474 e. The van der Waals surface area contributed by atoms with Crippen LogP contribution >= 0.6 is 22.9 Å². The van der Waals surface area contributed by atoms with E-state index in [9.17, 15) is 9.90 Å². The van der Waals surface area contributed by atoms with E-state index < -0.39 is 0 Å². The first-order valence-electron chi connectivity index (χ1n) is 10.6. The Balaban J connectivity index is 1.34. The molecule has 5 nitrogen and oxygen atoms in total. The number of piperidine rings is 1. The van der Waals surface area contributed by atoms with Crippen LogP contribution in [0.3, 0.4) is 0 Å². The molecule has 0 unspecified atom stereocenters.